The van der Waals surface area contributed by atoms with Crippen molar-refractivity contribution in [3.63, 3.8) is 0 Å². The van der Waals surface area contributed by atoms with Gasteiger partial charge in [0.2, 0.25) is 11.8 Å². The molecule has 0 bridgehead atoms. The number of hydrogen-bond acceptors (Lipinski definition) is 3. The van der Waals surface area contributed by atoms with Gasteiger partial charge >= 0.3 is 0 Å². The molecule has 0 spiro atoms. The summed E-state index contributed by atoms with van der Waals surface area (Å²) in [7, 11) is 0. The molecule has 0 aromatic heterocycles. The first-order valence-corrected chi connectivity index (χ1v) is 7.75. The zero-order chi connectivity index (χ0) is 14.7. The Balaban J connectivity index is 1.97. The largest absolute Gasteiger partial charge is 0.379 e. The summed E-state index contributed by atoms with van der Waals surface area (Å²) in [6, 6.07) is -0.505. The standard InChI is InChI=1S/C15H26N2O3/c1-4-12-14(18)16-7-5-6-13(16)15(19)17(12)8-9-20-10-11(2)3/h11-13H,4-10H2,1-3H3. The number of amides is 2. The minimum Gasteiger partial charge on any atom is -0.379 e. The van der Waals surface area contributed by atoms with E-state index < -0.39 is 0 Å². The Morgan fingerprint density at radius 3 is 2.70 bits per heavy atom. The summed E-state index contributed by atoms with van der Waals surface area (Å²) >= 11 is 0. The highest BCUT2D eigenvalue weighted by Gasteiger charge is 2.46. The summed E-state index contributed by atoms with van der Waals surface area (Å²) in [5.41, 5.74) is 0. The number of hydrogen-bond donors (Lipinski definition) is 0. The Kier molecular flexibility index (Phi) is 5.02. The maximum atomic E-state index is 12.5. The summed E-state index contributed by atoms with van der Waals surface area (Å²) in [5, 5.41) is 0. The van der Waals surface area contributed by atoms with Crippen LogP contribution >= 0.6 is 0 Å². The lowest BCUT2D eigenvalue weighted by molar-refractivity contribution is -0.160. The lowest BCUT2D eigenvalue weighted by Gasteiger charge is -2.42. The van der Waals surface area contributed by atoms with Gasteiger partial charge in [-0.25, -0.2) is 0 Å². The van der Waals surface area contributed by atoms with Crippen LogP contribution in [0.1, 0.15) is 40.0 Å². The van der Waals surface area contributed by atoms with Crippen LogP contribution in [0.5, 0.6) is 0 Å². The van der Waals surface area contributed by atoms with Crippen molar-refractivity contribution in [3.05, 3.63) is 0 Å². The van der Waals surface area contributed by atoms with E-state index in [0.29, 0.717) is 32.1 Å². The topological polar surface area (TPSA) is 49.9 Å². The first-order valence-electron chi connectivity index (χ1n) is 7.75. The molecule has 2 saturated heterocycles. The van der Waals surface area contributed by atoms with Crippen molar-refractivity contribution >= 4 is 11.8 Å². The Morgan fingerprint density at radius 1 is 1.30 bits per heavy atom. The second-order valence-corrected chi connectivity index (χ2v) is 6.11. The highest BCUT2D eigenvalue weighted by Crippen LogP contribution is 2.27. The monoisotopic (exact) mass is 282 g/mol. The summed E-state index contributed by atoms with van der Waals surface area (Å²) in [5.74, 6) is 0.724. The Morgan fingerprint density at radius 2 is 2.05 bits per heavy atom. The van der Waals surface area contributed by atoms with Crippen molar-refractivity contribution in [2.24, 2.45) is 5.92 Å². The van der Waals surface area contributed by atoms with Crippen LogP contribution in [-0.4, -0.2) is 60.0 Å². The average molecular weight is 282 g/mol. The number of ether oxygens (including phenoxy) is 1. The smallest absolute Gasteiger partial charge is 0.246 e. The fourth-order valence-corrected chi connectivity index (χ4v) is 3.10. The number of piperazine rings is 1. The van der Waals surface area contributed by atoms with E-state index in [1.807, 2.05) is 6.92 Å². The molecule has 0 N–H and O–H groups in total. The summed E-state index contributed by atoms with van der Waals surface area (Å²) in [6.07, 6.45) is 2.43. The summed E-state index contributed by atoms with van der Waals surface area (Å²) in [6.45, 7) is 8.64. The third-order valence-electron chi connectivity index (χ3n) is 4.08. The number of carbonyl (C=O) groups is 2. The van der Waals surface area contributed by atoms with Gasteiger partial charge in [0.25, 0.3) is 0 Å². The molecule has 5 nitrogen and oxygen atoms in total. The minimum absolute atomic E-state index is 0.113. The number of fused-ring (bicyclic) bond motifs is 1. The maximum absolute atomic E-state index is 12.5. The van der Waals surface area contributed by atoms with Gasteiger partial charge in [0.1, 0.15) is 12.1 Å². The predicted octanol–water partition coefficient (Wildman–Crippen LogP) is 1.27. The molecule has 2 atom stereocenters. The maximum Gasteiger partial charge on any atom is 0.246 e. The number of carbonyl (C=O) groups excluding carboxylic acids is 2. The number of nitrogens with zero attached hydrogens (tertiary/aromatic N) is 2. The van der Waals surface area contributed by atoms with Crippen molar-refractivity contribution in [2.75, 3.05) is 26.3 Å². The molecular formula is C15H26N2O3. The second-order valence-electron chi connectivity index (χ2n) is 6.11. The Bertz CT molecular complexity index is 370. The summed E-state index contributed by atoms with van der Waals surface area (Å²) in [4.78, 5) is 28.5. The molecule has 2 rings (SSSR count). The predicted molar refractivity (Wildman–Crippen MR) is 76.2 cm³/mol. The highest BCUT2D eigenvalue weighted by molar-refractivity contribution is 5.97. The summed E-state index contributed by atoms with van der Waals surface area (Å²) < 4.78 is 5.57. The van der Waals surface area contributed by atoms with Crippen molar-refractivity contribution < 1.29 is 14.3 Å². The van der Waals surface area contributed by atoms with E-state index >= 15 is 0 Å². The van der Waals surface area contributed by atoms with Crippen LogP contribution < -0.4 is 0 Å². The molecule has 0 radical (unpaired) electrons. The molecule has 20 heavy (non-hydrogen) atoms. The average Bonchev–Trinajstić information content (AvgIpc) is 2.89. The van der Waals surface area contributed by atoms with Gasteiger partial charge in [-0.15, -0.1) is 0 Å². The molecule has 2 aliphatic rings. The highest BCUT2D eigenvalue weighted by atomic mass is 16.5. The fourth-order valence-electron chi connectivity index (χ4n) is 3.10. The van der Waals surface area contributed by atoms with E-state index in [1.54, 1.807) is 9.80 Å². The van der Waals surface area contributed by atoms with Gasteiger partial charge in [0, 0.05) is 19.7 Å². The van der Waals surface area contributed by atoms with E-state index in [2.05, 4.69) is 13.8 Å². The van der Waals surface area contributed by atoms with E-state index in [-0.39, 0.29) is 23.9 Å². The van der Waals surface area contributed by atoms with Crippen molar-refractivity contribution in [1.29, 1.82) is 0 Å². The molecule has 2 unspecified atom stereocenters. The Hall–Kier alpha value is -1.10. The van der Waals surface area contributed by atoms with Crippen LogP contribution in [0.15, 0.2) is 0 Å². The van der Waals surface area contributed by atoms with Gasteiger partial charge in [-0.1, -0.05) is 20.8 Å². The number of rotatable bonds is 6. The SMILES string of the molecule is CCC1C(=O)N2CCCC2C(=O)N1CCOCC(C)C. The molecule has 0 aliphatic carbocycles. The molecule has 0 aromatic rings. The van der Waals surface area contributed by atoms with Crippen LogP contribution in [0.3, 0.4) is 0 Å². The van der Waals surface area contributed by atoms with Crippen molar-refractivity contribution in [3.8, 4) is 0 Å². The van der Waals surface area contributed by atoms with Gasteiger partial charge in [0.05, 0.1) is 6.61 Å². The van der Waals surface area contributed by atoms with Crippen LogP contribution in [0.25, 0.3) is 0 Å². The van der Waals surface area contributed by atoms with Gasteiger partial charge in [-0.2, -0.15) is 0 Å². The van der Waals surface area contributed by atoms with Crippen LogP contribution in [0.2, 0.25) is 0 Å². The first-order chi connectivity index (χ1) is 9.56. The normalized spacial score (nSPS) is 26.6. The molecule has 2 amide bonds. The Labute approximate surface area is 121 Å². The van der Waals surface area contributed by atoms with Gasteiger partial charge in [0.15, 0.2) is 0 Å². The van der Waals surface area contributed by atoms with Gasteiger partial charge in [-0.3, -0.25) is 9.59 Å². The van der Waals surface area contributed by atoms with Crippen LogP contribution in [-0.2, 0) is 14.3 Å². The first kappa shape index (κ1) is 15.3. The third-order valence-corrected chi connectivity index (χ3v) is 4.08. The van der Waals surface area contributed by atoms with Gasteiger partial charge < -0.3 is 14.5 Å². The van der Waals surface area contributed by atoms with Gasteiger partial charge in [-0.05, 0) is 25.2 Å². The van der Waals surface area contributed by atoms with E-state index in [0.717, 1.165) is 19.4 Å². The van der Waals surface area contributed by atoms with Crippen molar-refractivity contribution in [1.82, 2.24) is 9.80 Å². The third kappa shape index (κ3) is 2.97. The molecule has 2 aliphatic heterocycles. The molecule has 5 heteroatoms. The molecular weight excluding hydrogens is 256 g/mol. The molecule has 2 fully saturated rings. The van der Waals surface area contributed by atoms with E-state index in [1.165, 1.54) is 0 Å². The quantitative estimate of drug-likeness (QED) is 0.689. The van der Waals surface area contributed by atoms with E-state index in [9.17, 15) is 9.59 Å². The zero-order valence-electron chi connectivity index (χ0n) is 12.8. The zero-order valence-corrected chi connectivity index (χ0v) is 12.8. The van der Waals surface area contributed by atoms with Crippen LogP contribution in [0, 0.1) is 5.92 Å². The molecule has 2 heterocycles. The minimum atomic E-state index is -0.292. The molecule has 0 saturated carbocycles. The fraction of sp³-hybridized carbons (Fsp3) is 0.867. The second kappa shape index (κ2) is 6.57. The lowest BCUT2D eigenvalue weighted by Crippen LogP contribution is -2.63. The lowest BCUT2D eigenvalue weighted by atomic mass is 10.0. The van der Waals surface area contributed by atoms with Crippen LogP contribution in [0.4, 0.5) is 0 Å². The molecule has 114 valence electrons. The van der Waals surface area contributed by atoms with E-state index in [4.69, 9.17) is 4.74 Å². The van der Waals surface area contributed by atoms with Crippen molar-refractivity contribution in [2.45, 2.75) is 52.1 Å². The molecule has 0 aromatic carbocycles.